The summed E-state index contributed by atoms with van der Waals surface area (Å²) in [6.45, 7) is 11.6. The second-order valence-electron chi connectivity index (χ2n) is 8.12. The molecule has 1 saturated heterocycles. The van der Waals surface area contributed by atoms with E-state index in [0.29, 0.717) is 17.3 Å². The quantitative estimate of drug-likeness (QED) is 0.577. The zero-order valence-corrected chi connectivity index (χ0v) is 14.2. The van der Waals surface area contributed by atoms with Gasteiger partial charge in [-0.3, -0.25) is 0 Å². The van der Waals surface area contributed by atoms with Gasteiger partial charge in [0, 0.05) is 7.11 Å². The first-order valence-electron chi connectivity index (χ1n) is 8.24. The van der Waals surface area contributed by atoms with Gasteiger partial charge in [0.25, 0.3) is 0 Å². The van der Waals surface area contributed by atoms with Crippen LogP contribution in [0.1, 0.15) is 47.5 Å². The molecule has 0 spiro atoms. The molecule has 0 aromatic carbocycles. The van der Waals surface area contributed by atoms with Gasteiger partial charge < -0.3 is 18.8 Å². The van der Waals surface area contributed by atoms with Crippen LogP contribution < -0.4 is 0 Å². The van der Waals surface area contributed by atoms with Crippen molar-refractivity contribution in [3.63, 3.8) is 0 Å². The van der Waals surface area contributed by atoms with E-state index in [0.717, 1.165) is 12.3 Å². The van der Waals surface area contributed by atoms with Crippen molar-refractivity contribution in [2.24, 2.45) is 23.2 Å². The molecule has 3 saturated carbocycles. The number of hydrogen-bond donors (Lipinski definition) is 0. The monoisotopic (exact) mass is 296 g/mol. The van der Waals surface area contributed by atoms with Crippen LogP contribution in [0.3, 0.4) is 0 Å². The molecule has 1 aliphatic heterocycles. The molecule has 4 aliphatic rings. The van der Waals surface area contributed by atoms with Gasteiger partial charge in [-0.15, -0.1) is 0 Å². The van der Waals surface area contributed by atoms with Gasteiger partial charge in [-0.2, -0.15) is 0 Å². The van der Waals surface area contributed by atoms with Gasteiger partial charge in [0.1, 0.15) is 6.79 Å². The van der Waals surface area contributed by atoms with Gasteiger partial charge in [0.05, 0.1) is 17.7 Å². The Morgan fingerprint density at radius 3 is 2.52 bits per heavy atom. The van der Waals surface area contributed by atoms with E-state index in [-0.39, 0.29) is 31.6 Å². The molecular weight excluding hydrogens is 267 g/mol. The average Bonchev–Trinajstić information content (AvgIpc) is 2.74. The smallest absolute Gasteiger partial charge is 0.404 e. The van der Waals surface area contributed by atoms with Crippen molar-refractivity contribution >= 4 is 7.12 Å². The Morgan fingerprint density at radius 1 is 1.24 bits per heavy atom. The van der Waals surface area contributed by atoms with E-state index < -0.39 is 0 Å². The van der Waals surface area contributed by atoms with Crippen LogP contribution in [0.2, 0.25) is 0 Å². The van der Waals surface area contributed by atoms with Gasteiger partial charge >= 0.3 is 7.12 Å². The Labute approximate surface area is 129 Å². The number of rotatable bonds is 5. The molecule has 0 aromatic rings. The summed E-state index contributed by atoms with van der Waals surface area (Å²) >= 11 is 0. The van der Waals surface area contributed by atoms with Crippen molar-refractivity contribution < 1.29 is 18.8 Å². The summed E-state index contributed by atoms with van der Waals surface area (Å²) in [5.74, 6) is 1.70. The zero-order chi connectivity index (χ0) is 15.4. The van der Waals surface area contributed by atoms with Crippen molar-refractivity contribution in [2.45, 2.75) is 65.2 Å². The Kier molecular flexibility index (Phi) is 3.93. The van der Waals surface area contributed by atoms with E-state index in [1.807, 2.05) is 0 Å². The third-order valence-electron chi connectivity index (χ3n) is 6.27. The fraction of sp³-hybridized carbons (Fsp3) is 1.00. The summed E-state index contributed by atoms with van der Waals surface area (Å²) in [5, 5.41) is 0. The Hall–Kier alpha value is -0.0951. The first-order valence-corrected chi connectivity index (χ1v) is 8.24. The van der Waals surface area contributed by atoms with Crippen LogP contribution in [0.5, 0.6) is 0 Å². The van der Waals surface area contributed by atoms with Crippen molar-refractivity contribution in [1.29, 1.82) is 0 Å². The van der Waals surface area contributed by atoms with Gasteiger partial charge in [-0.25, -0.2) is 0 Å². The van der Waals surface area contributed by atoms with Crippen molar-refractivity contribution in [3.05, 3.63) is 0 Å². The van der Waals surface area contributed by atoms with E-state index >= 15 is 0 Å². The first kappa shape index (κ1) is 15.8. The standard InChI is InChI=1S/C16H29BO4/c1-10(2)14(19-9-18-6)17-20-13-8-11-7-12(15(11,3)4)16(13,5)21-17/h10-14H,7-9H2,1-6H3/t11-,12-,13+,14?,16-/m0/s1. The van der Waals surface area contributed by atoms with Crippen LogP contribution in [0.4, 0.5) is 0 Å². The van der Waals surface area contributed by atoms with Gasteiger partial charge in [-0.05, 0) is 42.9 Å². The molecule has 3 aliphatic carbocycles. The summed E-state index contributed by atoms with van der Waals surface area (Å²) in [5.41, 5.74) is 0.219. The fourth-order valence-corrected chi connectivity index (χ4v) is 4.77. The molecule has 2 bridgehead atoms. The van der Waals surface area contributed by atoms with Crippen molar-refractivity contribution in [3.8, 4) is 0 Å². The van der Waals surface area contributed by atoms with Crippen molar-refractivity contribution in [2.75, 3.05) is 13.9 Å². The molecule has 5 heteroatoms. The highest BCUT2D eigenvalue weighted by atomic mass is 16.7. The van der Waals surface area contributed by atoms with Gasteiger partial charge in [-0.1, -0.05) is 27.7 Å². The number of ether oxygens (including phenoxy) is 2. The molecule has 5 atom stereocenters. The molecule has 0 N–H and O–H groups in total. The number of hydrogen-bond acceptors (Lipinski definition) is 4. The van der Waals surface area contributed by atoms with Crippen LogP contribution in [-0.4, -0.2) is 38.7 Å². The van der Waals surface area contributed by atoms with E-state index in [9.17, 15) is 0 Å². The predicted octanol–water partition coefficient (Wildman–Crippen LogP) is 2.90. The molecule has 4 fully saturated rings. The summed E-state index contributed by atoms with van der Waals surface area (Å²) in [4.78, 5) is 0. The third kappa shape index (κ3) is 2.28. The van der Waals surface area contributed by atoms with Gasteiger partial charge in [0.2, 0.25) is 0 Å². The van der Waals surface area contributed by atoms with Crippen LogP contribution in [0, 0.1) is 23.2 Å². The Morgan fingerprint density at radius 2 is 1.95 bits per heavy atom. The van der Waals surface area contributed by atoms with E-state index in [2.05, 4.69) is 34.6 Å². The highest BCUT2D eigenvalue weighted by Crippen LogP contribution is 2.65. The lowest BCUT2D eigenvalue weighted by molar-refractivity contribution is -0.199. The van der Waals surface area contributed by atoms with Crippen LogP contribution in [-0.2, 0) is 18.8 Å². The zero-order valence-electron chi connectivity index (χ0n) is 14.2. The molecule has 1 unspecified atom stereocenters. The first-order chi connectivity index (χ1) is 9.80. The maximum atomic E-state index is 6.46. The number of methoxy groups -OCH3 is 1. The molecule has 4 rings (SSSR count). The summed E-state index contributed by atoms with van der Waals surface area (Å²) < 4.78 is 23.6. The second kappa shape index (κ2) is 5.22. The SMILES string of the molecule is COCOC(B1O[C@@H]2C[C@@H]3C[C@@H](C3(C)C)[C@]2(C)O1)C(C)C. The molecule has 1 heterocycles. The summed E-state index contributed by atoms with van der Waals surface area (Å²) in [6.07, 6.45) is 2.61. The van der Waals surface area contributed by atoms with Crippen LogP contribution in [0.25, 0.3) is 0 Å². The lowest BCUT2D eigenvalue weighted by Gasteiger charge is -2.64. The molecular formula is C16H29BO4. The third-order valence-corrected chi connectivity index (χ3v) is 6.27. The summed E-state index contributed by atoms with van der Waals surface area (Å²) in [7, 11) is 1.37. The van der Waals surface area contributed by atoms with Crippen LogP contribution in [0.15, 0.2) is 0 Å². The topological polar surface area (TPSA) is 36.9 Å². The molecule has 21 heavy (non-hydrogen) atoms. The van der Waals surface area contributed by atoms with Gasteiger partial charge in [0.15, 0.2) is 0 Å². The molecule has 0 aromatic heterocycles. The van der Waals surface area contributed by atoms with Crippen molar-refractivity contribution in [1.82, 2.24) is 0 Å². The molecule has 0 radical (unpaired) electrons. The lowest BCUT2D eigenvalue weighted by Crippen LogP contribution is -2.65. The second-order valence-corrected chi connectivity index (χ2v) is 8.12. The predicted molar refractivity (Wildman–Crippen MR) is 81.7 cm³/mol. The van der Waals surface area contributed by atoms with Crippen LogP contribution >= 0.6 is 0 Å². The highest BCUT2D eigenvalue weighted by Gasteiger charge is 2.68. The van der Waals surface area contributed by atoms with E-state index in [4.69, 9.17) is 18.8 Å². The van der Waals surface area contributed by atoms with E-state index in [1.54, 1.807) is 7.11 Å². The largest absolute Gasteiger partial charge is 0.489 e. The maximum Gasteiger partial charge on any atom is 0.489 e. The summed E-state index contributed by atoms with van der Waals surface area (Å²) in [6, 6.07) is -0.0762. The minimum Gasteiger partial charge on any atom is -0.404 e. The molecule has 120 valence electrons. The molecule has 0 amide bonds. The van der Waals surface area contributed by atoms with E-state index in [1.165, 1.54) is 6.42 Å². The lowest BCUT2D eigenvalue weighted by atomic mass is 9.43. The minimum atomic E-state index is -0.273. The minimum absolute atomic E-state index is 0.0762. The fourth-order valence-electron chi connectivity index (χ4n) is 4.77. The highest BCUT2D eigenvalue weighted by molar-refractivity contribution is 6.47. The molecule has 4 nitrogen and oxygen atoms in total. The Balaban J connectivity index is 1.74. The maximum absolute atomic E-state index is 6.46. The normalized spacial score (nSPS) is 41.9. The Bertz CT molecular complexity index is 400. The average molecular weight is 296 g/mol.